The van der Waals surface area contributed by atoms with Crippen LogP contribution >= 0.6 is 11.9 Å². The molecule has 0 saturated carbocycles. The van der Waals surface area contributed by atoms with Crippen molar-refractivity contribution < 1.29 is 9.59 Å². The molecular formula is C27H35N5O2S. The van der Waals surface area contributed by atoms with Crippen molar-refractivity contribution in [1.29, 1.82) is 0 Å². The Morgan fingerprint density at radius 2 is 1.97 bits per heavy atom. The summed E-state index contributed by atoms with van der Waals surface area (Å²) in [6.07, 6.45) is 7.59. The molecule has 2 aliphatic heterocycles. The number of nitrogens with zero attached hydrogens (tertiary/aromatic N) is 1. The van der Waals surface area contributed by atoms with E-state index in [0.29, 0.717) is 30.5 Å². The Morgan fingerprint density at radius 3 is 2.74 bits per heavy atom. The van der Waals surface area contributed by atoms with Crippen LogP contribution in [0.4, 0.5) is 5.69 Å². The van der Waals surface area contributed by atoms with Crippen LogP contribution in [0.1, 0.15) is 61.2 Å². The van der Waals surface area contributed by atoms with Crippen LogP contribution in [0, 0.1) is 0 Å². The predicted octanol–water partition coefficient (Wildman–Crippen LogP) is 3.75. The first-order valence-electron chi connectivity index (χ1n) is 12.7. The van der Waals surface area contributed by atoms with Gasteiger partial charge >= 0.3 is 0 Å². The Kier molecular flexibility index (Phi) is 7.05. The van der Waals surface area contributed by atoms with Crippen molar-refractivity contribution in [3.05, 3.63) is 46.3 Å². The number of H-pyrrole nitrogens is 1. The monoisotopic (exact) mass is 493 g/mol. The molecule has 1 aliphatic carbocycles. The Balaban J connectivity index is 1.43. The van der Waals surface area contributed by atoms with Crippen LogP contribution in [-0.2, 0) is 28.9 Å². The summed E-state index contributed by atoms with van der Waals surface area (Å²) in [6, 6.07) is 6.65. The second-order valence-electron chi connectivity index (χ2n) is 9.97. The number of hydrogen-bond acceptors (Lipinski definition) is 5. The Bertz CT molecular complexity index is 1160. The van der Waals surface area contributed by atoms with Gasteiger partial charge in [-0.15, -0.1) is 0 Å². The SMILES string of the molecule is CNSc1ccc2c(c1)/C(=C/c1[nH]c3c(c1CCC(=O)N1CC(C)NC(C)C1)CCCC3)C(=O)N2. The van der Waals surface area contributed by atoms with Crippen LogP contribution in [0.5, 0.6) is 0 Å². The van der Waals surface area contributed by atoms with E-state index in [9.17, 15) is 9.59 Å². The maximum absolute atomic E-state index is 13.1. The topological polar surface area (TPSA) is 89.3 Å². The summed E-state index contributed by atoms with van der Waals surface area (Å²) < 4.78 is 3.10. The minimum atomic E-state index is -0.0787. The van der Waals surface area contributed by atoms with Crippen LogP contribution in [0.3, 0.4) is 0 Å². The molecule has 2 atom stereocenters. The third kappa shape index (κ3) is 5.06. The fourth-order valence-corrected chi connectivity index (χ4v) is 6.29. The lowest BCUT2D eigenvalue weighted by Crippen LogP contribution is -2.55. The average Bonchev–Trinajstić information content (AvgIpc) is 3.33. The Morgan fingerprint density at radius 1 is 1.20 bits per heavy atom. The van der Waals surface area contributed by atoms with Gasteiger partial charge < -0.3 is 20.5 Å². The lowest BCUT2D eigenvalue weighted by Gasteiger charge is -2.36. The molecule has 2 amide bonds. The molecule has 1 aromatic heterocycles. The maximum Gasteiger partial charge on any atom is 0.256 e. The van der Waals surface area contributed by atoms with E-state index in [2.05, 4.69) is 40.3 Å². The molecule has 5 rings (SSSR count). The number of nitrogens with one attached hydrogen (secondary N) is 4. The smallest absolute Gasteiger partial charge is 0.256 e. The van der Waals surface area contributed by atoms with E-state index in [1.807, 2.05) is 30.2 Å². The van der Waals surface area contributed by atoms with Crippen molar-refractivity contribution in [3.8, 4) is 0 Å². The van der Waals surface area contributed by atoms with E-state index in [-0.39, 0.29) is 11.8 Å². The molecule has 2 unspecified atom stereocenters. The first kappa shape index (κ1) is 24.2. The summed E-state index contributed by atoms with van der Waals surface area (Å²) in [4.78, 5) is 32.7. The second kappa shape index (κ2) is 10.2. The number of hydrogen-bond donors (Lipinski definition) is 4. The summed E-state index contributed by atoms with van der Waals surface area (Å²) in [6.45, 7) is 5.78. The van der Waals surface area contributed by atoms with E-state index in [1.165, 1.54) is 41.6 Å². The molecular weight excluding hydrogens is 458 g/mol. The van der Waals surface area contributed by atoms with Gasteiger partial charge in [-0.1, -0.05) is 0 Å². The largest absolute Gasteiger partial charge is 0.358 e. The highest BCUT2D eigenvalue weighted by molar-refractivity contribution is 7.97. The quantitative estimate of drug-likeness (QED) is 0.364. The number of aryl methyl sites for hydroxylation is 1. The molecule has 1 aromatic carbocycles. The number of carbonyl (C=O) groups excluding carboxylic acids is 2. The lowest BCUT2D eigenvalue weighted by molar-refractivity contribution is -0.132. The van der Waals surface area contributed by atoms with Crippen molar-refractivity contribution in [2.75, 3.05) is 25.5 Å². The number of fused-ring (bicyclic) bond motifs is 2. The molecule has 3 heterocycles. The van der Waals surface area contributed by atoms with Gasteiger partial charge in [-0.05, 0) is 100 Å². The highest BCUT2D eigenvalue weighted by atomic mass is 32.2. The number of benzene rings is 1. The van der Waals surface area contributed by atoms with Crippen molar-refractivity contribution in [2.24, 2.45) is 0 Å². The minimum Gasteiger partial charge on any atom is -0.358 e. The number of anilines is 1. The van der Waals surface area contributed by atoms with Crippen LogP contribution in [-0.4, -0.2) is 53.9 Å². The summed E-state index contributed by atoms with van der Waals surface area (Å²) in [5.74, 6) is 0.136. The van der Waals surface area contributed by atoms with Gasteiger partial charge in [-0.2, -0.15) is 0 Å². The van der Waals surface area contributed by atoms with Crippen molar-refractivity contribution in [1.82, 2.24) is 19.9 Å². The van der Waals surface area contributed by atoms with Crippen LogP contribution < -0.4 is 15.4 Å². The van der Waals surface area contributed by atoms with E-state index in [0.717, 1.165) is 47.8 Å². The zero-order valence-electron chi connectivity index (χ0n) is 20.8. The van der Waals surface area contributed by atoms with Gasteiger partial charge in [0, 0.05) is 59.1 Å². The Labute approximate surface area is 211 Å². The molecule has 8 heteroatoms. The first-order valence-corrected chi connectivity index (χ1v) is 13.5. The Hall–Kier alpha value is -2.55. The van der Waals surface area contributed by atoms with Gasteiger partial charge in [0.1, 0.15) is 0 Å². The fraction of sp³-hybridized carbons (Fsp3) is 0.481. The first-order chi connectivity index (χ1) is 16.9. The predicted molar refractivity (Wildman–Crippen MR) is 142 cm³/mol. The maximum atomic E-state index is 13.1. The highest BCUT2D eigenvalue weighted by Gasteiger charge is 2.28. The molecule has 7 nitrogen and oxygen atoms in total. The average molecular weight is 494 g/mol. The normalized spacial score (nSPS) is 22.8. The molecule has 35 heavy (non-hydrogen) atoms. The second-order valence-corrected chi connectivity index (χ2v) is 11.1. The molecule has 0 spiro atoms. The van der Waals surface area contributed by atoms with Gasteiger partial charge in [0.25, 0.3) is 5.91 Å². The lowest BCUT2D eigenvalue weighted by atomic mass is 9.92. The van der Waals surface area contributed by atoms with E-state index >= 15 is 0 Å². The van der Waals surface area contributed by atoms with Crippen LogP contribution in [0.25, 0.3) is 11.6 Å². The molecule has 2 aromatic rings. The van der Waals surface area contributed by atoms with Crippen molar-refractivity contribution >= 4 is 41.1 Å². The molecule has 3 aliphatic rings. The van der Waals surface area contributed by atoms with Crippen LogP contribution in [0.2, 0.25) is 0 Å². The molecule has 1 saturated heterocycles. The summed E-state index contributed by atoms with van der Waals surface area (Å²) in [5.41, 5.74) is 7.26. The number of amides is 2. The number of aromatic amines is 1. The molecule has 0 radical (unpaired) electrons. The standard InChI is InChI=1S/C27H35N5O2S/c1-16-14-32(15-17(2)29-16)26(33)11-9-20-19-6-4-5-7-23(19)30-25(20)13-22-21-12-18(35-28-3)8-10-24(21)31-27(22)34/h8,10,12-13,16-17,28-30H,4-7,9,11,14-15H2,1-3H3,(H,31,34)/b22-13-. The molecule has 1 fully saturated rings. The number of aromatic nitrogens is 1. The molecule has 4 N–H and O–H groups in total. The van der Waals surface area contributed by atoms with Gasteiger partial charge in [-0.3, -0.25) is 14.3 Å². The van der Waals surface area contributed by atoms with Crippen LogP contribution in [0.15, 0.2) is 23.1 Å². The zero-order chi connectivity index (χ0) is 24.5. The van der Waals surface area contributed by atoms with Crippen molar-refractivity contribution in [3.63, 3.8) is 0 Å². The zero-order valence-corrected chi connectivity index (χ0v) is 21.6. The summed E-state index contributed by atoms with van der Waals surface area (Å²) in [7, 11) is 1.89. The molecule has 186 valence electrons. The fourth-order valence-electron chi connectivity index (χ4n) is 5.74. The molecule has 0 bridgehead atoms. The number of rotatable bonds is 6. The van der Waals surface area contributed by atoms with Gasteiger partial charge in [0.05, 0.1) is 5.57 Å². The highest BCUT2D eigenvalue weighted by Crippen LogP contribution is 2.37. The van der Waals surface area contributed by atoms with Crippen molar-refractivity contribution in [2.45, 2.75) is 69.4 Å². The van der Waals surface area contributed by atoms with Gasteiger partial charge in [0.2, 0.25) is 5.91 Å². The minimum absolute atomic E-state index is 0.0787. The van der Waals surface area contributed by atoms with E-state index < -0.39 is 0 Å². The summed E-state index contributed by atoms with van der Waals surface area (Å²) in [5, 5.41) is 6.50. The summed E-state index contributed by atoms with van der Waals surface area (Å²) >= 11 is 1.53. The number of piperazine rings is 1. The number of carbonyl (C=O) groups is 2. The van der Waals surface area contributed by atoms with E-state index in [1.54, 1.807) is 0 Å². The van der Waals surface area contributed by atoms with E-state index in [4.69, 9.17) is 0 Å². The third-order valence-corrected chi connectivity index (χ3v) is 7.92. The van der Waals surface area contributed by atoms with Gasteiger partial charge in [-0.25, -0.2) is 0 Å². The third-order valence-electron chi connectivity index (χ3n) is 7.22. The van der Waals surface area contributed by atoms with Gasteiger partial charge in [0.15, 0.2) is 0 Å².